The Morgan fingerprint density at radius 2 is 1.96 bits per heavy atom. The molecule has 0 fully saturated rings. The lowest BCUT2D eigenvalue weighted by Gasteiger charge is -2.07. The third kappa shape index (κ3) is 3.23. The molecule has 0 saturated carbocycles. The predicted octanol–water partition coefficient (Wildman–Crippen LogP) is 4.93. The first-order valence-corrected chi connectivity index (χ1v) is 9.48. The van der Waals surface area contributed by atoms with E-state index in [-0.39, 0.29) is 5.82 Å². The van der Waals surface area contributed by atoms with Crippen molar-refractivity contribution in [3.05, 3.63) is 83.4 Å². The summed E-state index contributed by atoms with van der Waals surface area (Å²) in [6, 6.07) is 15.9. The molecule has 4 rings (SSSR count). The van der Waals surface area contributed by atoms with Crippen molar-refractivity contribution in [3.63, 3.8) is 0 Å². The van der Waals surface area contributed by atoms with Gasteiger partial charge in [0, 0.05) is 6.54 Å². The van der Waals surface area contributed by atoms with E-state index in [1.165, 1.54) is 30.6 Å². The molecule has 140 valence electrons. The summed E-state index contributed by atoms with van der Waals surface area (Å²) in [6.07, 6.45) is 1.72. The number of hydrogen-bond donors (Lipinski definition) is 0. The molecule has 0 radical (unpaired) electrons. The van der Waals surface area contributed by atoms with E-state index < -0.39 is 5.91 Å². The fourth-order valence-electron chi connectivity index (χ4n) is 3.14. The number of carbonyl (C=O) groups is 1. The molecule has 4 aromatic rings. The second-order valence-electron chi connectivity index (χ2n) is 6.21. The minimum atomic E-state index is -0.410. The zero-order valence-electron chi connectivity index (χ0n) is 15.2. The van der Waals surface area contributed by atoms with E-state index >= 15 is 0 Å². The zero-order chi connectivity index (χ0) is 19.7. The Bertz CT molecular complexity index is 1290. The van der Waals surface area contributed by atoms with Crippen LogP contribution >= 0.6 is 11.3 Å². The average molecular weight is 392 g/mol. The number of carbonyl (C=O) groups excluding carboxylic acids is 1. The molecular formula is C22H17FN2O2S. The van der Waals surface area contributed by atoms with Crippen molar-refractivity contribution in [2.45, 2.75) is 6.54 Å². The Morgan fingerprint density at radius 1 is 1.21 bits per heavy atom. The number of fused-ring (bicyclic) bond motifs is 2. The molecule has 0 atom stereocenters. The Kier molecular flexibility index (Phi) is 4.79. The van der Waals surface area contributed by atoms with Gasteiger partial charge in [-0.05, 0) is 41.1 Å². The molecule has 6 heteroatoms. The van der Waals surface area contributed by atoms with Crippen LogP contribution in [0.15, 0.2) is 72.2 Å². The minimum Gasteiger partial charge on any atom is -0.496 e. The van der Waals surface area contributed by atoms with Crippen LogP contribution in [0, 0.1) is 5.82 Å². The number of amides is 1. The van der Waals surface area contributed by atoms with E-state index in [9.17, 15) is 9.18 Å². The summed E-state index contributed by atoms with van der Waals surface area (Å²) in [7, 11) is 1.53. The van der Waals surface area contributed by atoms with Gasteiger partial charge in [0.1, 0.15) is 11.6 Å². The number of allylic oxidation sites excluding steroid dienone is 1. The second-order valence-corrected chi connectivity index (χ2v) is 7.22. The van der Waals surface area contributed by atoms with E-state index in [4.69, 9.17) is 4.74 Å². The zero-order valence-corrected chi connectivity index (χ0v) is 16.0. The van der Waals surface area contributed by atoms with Crippen LogP contribution in [0.3, 0.4) is 0 Å². The van der Waals surface area contributed by atoms with Gasteiger partial charge >= 0.3 is 0 Å². The van der Waals surface area contributed by atoms with Crippen LogP contribution in [0.25, 0.3) is 21.0 Å². The molecule has 0 N–H and O–H groups in total. The Labute approximate surface area is 164 Å². The Morgan fingerprint density at radius 3 is 2.68 bits per heavy atom. The quantitative estimate of drug-likeness (QED) is 0.462. The summed E-state index contributed by atoms with van der Waals surface area (Å²) < 4.78 is 21.6. The van der Waals surface area contributed by atoms with Crippen molar-refractivity contribution in [2.75, 3.05) is 7.11 Å². The summed E-state index contributed by atoms with van der Waals surface area (Å²) in [5.41, 5.74) is 1.19. The average Bonchev–Trinajstić information content (AvgIpc) is 3.03. The van der Waals surface area contributed by atoms with Crippen molar-refractivity contribution in [1.82, 2.24) is 4.57 Å². The maximum absolute atomic E-state index is 13.6. The van der Waals surface area contributed by atoms with Crippen LogP contribution in [0.4, 0.5) is 4.39 Å². The fraction of sp³-hybridized carbons (Fsp3) is 0.0909. The molecule has 0 bridgehead atoms. The number of methoxy groups -OCH3 is 1. The highest BCUT2D eigenvalue weighted by molar-refractivity contribution is 7.16. The standard InChI is InChI=1S/C22H17FN2O2S/c1-3-10-25-18-9-8-16(23)13-20(18)28-22(25)24-21(26)17-11-14-6-4-5-7-15(14)12-19(17)27-2/h3-9,11-13H,1,10H2,2H3. The predicted molar refractivity (Wildman–Crippen MR) is 110 cm³/mol. The van der Waals surface area contributed by atoms with Gasteiger partial charge in [-0.3, -0.25) is 4.79 Å². The maximum Gasteiger partial charge on any atom is 0.283 e. The molecule has 0 unspecified atom stereocenters. The lowest BCUT2D eigenvalue weighted by molar-refractivity contribution is 0.0995. The maximum atomic E-state index is 13.6. The molecule has 0 aliphatic heterocycles. The summed E-state index contributed by atoms with van der Waals surface area (Å²) >= 11 is 1.26. The first-order chi connectivity index (χ1) is 13.6. The van der Waals surface area contributed by atoms with E-state index in [2.05, 4.69) is 11.6 Å². The highest BCUT2D eigenvalue weighted by Gasteiger charge is 2.14. The van der Waals surface area contributed by atoms with Gasteiger partial charge in [-0.15, -0.1) is 6.58 Å². The van der Waals surface area contributed by atoms with Gasteiger partial charge in [-0.2, -0.15) is 4.99 Å². The first kappa shape index (κ1) is 18.1. The first-order valence-electron chi connectivity index (χ1n) is 8.66. The highest BCUT2D eigenvalue weighted by Crippen LogP contribution is 2.27. The lowest BCUT2D eigenvalue weighted by atomic mass is 10.1. The monoisotopic (exact) mass is 392 g/mol. The van der Waals surface area contributed by atoms with Gasteiger partial charge < -0.3 is 9.30 Å². The Hall–Kier alpha value is -3.25. The van der Waals surface area contributed by atoms with Gasteiger partial charge in [0.15, 0.2) is 4.80 Å². The van der Waals surface area contributed by atoms with E-state index in [0.717, 1.165) is 21.0 Å². The number of ether oxygens (including phenoxy) is 1. The van der Waals surface area contributed by atoms with Gasteiger partial charge in [0.05, 0.1) is 22.9 Å². The van der Waals surface area contributed by atoms with Crippen molar-refractivity contribution < 1.29 is 13.9 Å². The topological polar surface area (TPSA) is 43.6 Å². The molecule has 4 nitrogen and oxygen atoms in total. The number of aromatic nitrogens is 1. The van der Waals surface area contributed by atoms with Crippen molar-refractivity contribution in [3.8, 4) is 5.75 Å². The third-order valence-electron chi connectivity index (χ3n) is 4.45. The Balaban J connectivity index is 1.89. The largest absolute Gasteiger partial charge is 0.496 e. The number of nitrogens with zero attached hydrogens (tertiary/aromatic N) is 2. The molecular weight excluding hydrogens is 375 g/mol. The van der Waals surface area contributed by atoms with E-state index in [0.29, 0.717) is 22.7 Å². The molecule has 1 heterocycles. The van der Waals surface area contributed by atoms with Crippen LogP contribution < -0.4 is 9.54 Å². The molecule has 1 aromatic heterocycles. The number of hydrogen-bond acceptors (Lipinski definition) is 3. The SMILES string of the molecule is C=CCn1c(=NC(=O)c2cc3ccccc3cc2OC)sc2cc(F)ccc21. The van der Waals surface area contributed by atoms with Crippen LogP contribution in [0.2, 0.25) is 0 Å². The summed E-state index contributed by atoms with van der Waals surface area (Å²) in [6.45, 7) is 4.23. The van der Waals surface area contributed by atoms with Crippen LogP contribution in [-0.4, -0.2) is 17.6 Å². The molecule has 0 aliphatic carbocycles. The molecule has 1 amide bonds. The van der Waals surface area contributed by atoms with Crippen LogP contribution in [0.5, 0.6) is 5.75 Å². The molecule has 0 aliphatic rings. The van der Waals surface area contributed by atoms with Crippen LogP contribution in [0.1, 0.15) is 10.4 Å². The number of thiazole rings is 1. The van der Waals surface area contributed by atoms with Crippen molar-refractivity contribution in [1.29, 1.82) is 0 Å². The highest BCUT2D eigenvalue weighted by atomic mass is 32.1. The van der Waals surface area contributed by atoms with Gasteiger partial charge in [-0.25, -0.2) is 4.39 Å². The molecule has 3 aromatic carbocycles. The van der Waals surface area contributed by atoms with Gasteiger partial charge in [0.25, 0.3) is 5.91 Å². The number of benzene rings is 3. The summed E-state index contributed by atoms with van der Waals surface area (Å²) in [5, 5.41) is 1.91. The summed E-state index contributed by atoms with van der Waals surface area (Å²) in [5.74, 6) is -0.268. The number of rotatable bonds is 4. The van der Waals surface area contributed by atoms with Crippen molar-refractivity contribution >= 4 is 38.2 Å². The van der Waals surface area contributed by atoms with Gasteiger partial charge in [-0.1, -0.05) is 41.7 Å². The summed E-state index contributed by atoms with van der Waals surface area (Å²) in [4.78, 5) is 17.8. The smallest absolute Gasteiger partial charge is 0.283 e. The van der Waals surface area contributed by atoms with Gasteiger partial charge in [0.2, 0.25) is 0 Å². The number of halogens is 1. The fourth-order valence-corrected chi connectivity index (χ4v) is 4.20. The van der Waals surface area contributed by atoms with Crippen molar-refractivity contribution in [2.24, 2.45) is 4.99 Å². The van der Waals surface area contributed by atoms with E-state index in [1.807, 2.05) is 34.9 Å². The van der Waals surface area contributed by atoms with Crippen LogP contribution in [-0.2, 0) is 6.54 Å². The molecule has 0 saturated heterocycles. The van der Waals surface area contributed by atoms with E-state index in [1.54, 1.807) is 18.2 Å². The lowest BCUT2D eigenvalue weighted by Crippen LogP contribution is -2.16. The molecule has 0 spiro atoms. The molecule has 28 heavy (non-hydrogen) atoms. The minimum absolute atomic E-state index is 0.325. The second kappa shape index (κ2) is 7.40. The third-order valence-corrected chi connectivity index (χ3v) is 5.49. The normalized spacial score (nSPS) is 11.9.